The Morgan fingerprint density at radius 3 is 2.83 bits per heavy atom. The number of nitrogens with one attached hydrogen (secondary N) is 1. The van der Waals surface area contributed by atoms with Crippen molar-refractivity contribution < 1.29 is 14.0 Å². The van der Waals surface area contributed by atoms with Crippen LogP contribution in [0.25, 0.3) is 5.78 Å². The normalized spacial score (nSPS) is 15.9. The Labute approximate surface area is 168 Å². The molecule has 1 saturated heterocycles. The molecule has 1 fully saturated rings. The first-order valence-corrected chi connectivity index (χ1v) is 9.82. The van der Waals surface area contributed by atoms with Crippen LogP contribution in [0.4, 0.5) is 4.79 Å². The summed E-state index contributed by atoms with van der Waals surface area (Å²) in [7, 11) is 0. The van der Waals surface area contributed by atoms with E-state index in [1.807, 2.05) is 29.8 Å². The van der Waals surface area contributed by atoms with Gasteiger partial charge >= 0.3 is 6.03 Å². The van der Waals surface area contributed by atoms with Gasteiger partial charge in [-0.05, 0) is 25.0 Å². The van der Waals surface area contributed by atoms with Gasteiger partial charge in [0.15, 0.2) is 0 Å². The Morgan fingerprint density at radius 1 is 1.24 bits per heavy atom. The summed E-state index contributed by atoms with van der Waals surface area (Å²) in [6.07, 6.45) is 9.86. The summed E-state index contributed by atoms with van der Waals surface area (Å²) in [5.41, 5.74) is 1.32. The molecule has 1 atom stereocenters. The maximum Gasteiger partial charge on any atom is 0.317 e. The second kappa shape index (κ2) is 8.34. The number of hydrogen-bond acceptors (Lipinski definition) is 5. The monoisotopic (exact) mass is 396 g/mol. The average molecular weight is 396 g/mol. The third-order valence-electron chi connectivity index (χ3n) is 5.16. The molecule has 1 N–H and O–H groups in total. The standard InChI is InChI=1S/C20H24N6O3/c1-2-16(17-13-26-7-3-6-21-19(26)22-17)23-20(28)25-9-4-8-24(10-11-25)18(27)15-5-12-29-14-15/h3,5-7,12-14,16H,2,4,8-11H2,1H3,(H,23,28)/t16-/m1/s1. The minimum Gasteiger partial charge on any atom is -0.472 e. The van der Waals surface area contributed by atoms with E-state index in [2.05, 4.69) is 15.3 Å². The fourth-order valence-electron chi connectivity index (χ4n) is 3.53. The van der Waals surface area contributed by atoms with Crippen LogP contribution in [-0.4, -0.2) is 62.3 Å². The number of carbonyl (C=O) groups excluding carboxylic acids is 2. The summed E-state index contributed by atoms with van der Waals surface area (Å²) in [5, 5.41) is 3.08. The molecule has 4 heterocycles. The van der Waals surface area contributed by atoms with Gasteiger partial charge in [-0.15, -0.1) is 0 Å². The number of furan rings is 1. The van der Waals surface area contributed by atoms with Crippen molar-refractivity contribution in [1.82, 2.24) is 29.5 Å². The molecule has 152 valence electrons. The van der Waals surface area contributed by atoms with Gasteiger partial charge in [0.05, 0.1) is 23.6 Å². The van der Waals surface area contributed by atoms with Crippen LogP contribution in [0.15, 0.2) is 47.7 Å². The third-order valence-corrected chi connectivity index (χ3v) is 5.16. The number of urea groups is 1. The SMILES string of the molecule is CC[C@@H](NC(=O)N1CCCN(C(=O)c2ccoc2)CC1)c1cn2cccnc2n1. The molecule has 0 aromatic carbocycles. The van der Waals surface area contributed by atoms with Gasteiger partial charge in [-0.1, -0.05) is 6.92 Å². The van der Waals surface area contributed by atoms with Gasteiger partial charge < -0.3 is 19.5 Å². The fraction of sp³-hybridized carbons (Fsp3) is 0.400. The van der Waals surface area contributed by atoms with Crippen molar-refractivity contribution in [2.45, 2.75) is 25.8 Å². The molecule has 1 aliphatic rings. The van der Waals surface area contributed by atoms with Crippen molar-refractivity contribution in [3.05, 3.63) is 54.5 Å². The van der Waals surface area contributed by atoms with Gasteiger partial charge in [-0.2, -0.15) is 0 Å². The number of carbonyl (C=O) groups is 2. The maximum atomic E-state index is 12.9. The molecular weight excluding hydrogens is 372 g/mol. The number of aromatic nitrogens is 3. The quantitative estimate of drug-likeness (QED) is 0.730. The predicted octanol–water partition coefficient (Wildman–Crippen LogP) is 2.33. The Kier molecular flexibility index (Phi) is 5.46. The summed E-state index contributed by atoms with van der Waals surface area (Å²) in [6.45, 7) is 4.20. The predicted molar refractivity (Wildman–Crippen MR) is 105 cm³/mol. The lowest BCUT2D eigenvalue weighted by Crippen LogP contribution is -2.43. The number of nitrogens with zero attached hydrogens (tertiary/aromatic N) is 5. The van der Waals surface area contributed by atoms with E-state index in [-0.39, 0.29) is 18.0 Å². The van der Waals surface area contributed by atoms with Gasteiger partial charge in [-0.3, -0.25) is 9.20 Å². The minimum absolute atomic E-state index is 0.0651. The van der Waals surface area contributed by atoms with Crippen LogP contribution in [0.1, 0.15) is 41.9 Å². The van der Waals surface area contributed by atoms with Gasteiger partial charge in [0, 0.05) is 44.8 Å². The molecular formula is C20H24N6O3. The molecule has 0 unspecified atom stereocenters. The summed E-state index contributed by atoms with van der Waals surface area (Å²) < 4.78 is 6.85. The number of imidazole rings is 1. The zero-order valence-corrected chi connectivity index (χ0v) is 16.3. The van der Waals surface area contributed by atoms with Crippen LogP contribution in [0.5, 0.6) is 0 Å². The number of fused-ring (bicyclic) bond motifs is 1. The Bertz CT molecular complexity index is 950. The highest BCUT2D eigenvalue weighted by Gasteiger charge is 2.25. The van der Waals surface area contributed by atoms with E-state index in [1.165, 1.54) is 12.5 Å². The summed E-state index contributed by atoms with van der Waals surface area (Å²) >= 11 is 0. The van der Waals surface area contributed by atoms with Crippen LogP contribution in [-0.2, 0) is 0 Å². The second-order valence-corrected chi connectivity index (χ2v) is 7.05. The highest BCUT2D eigenvalue weighted by Crippen LogP contribution is 2.17. The molecule has 3 aromatic heterocycles. The van der Waals surface area contributed by atoms with E-state index in [9.17, 15) is 9.59 Å². The molecule has 0 aliphatic carbocycles. The van der Waals surface area contributed by atoms with E-state index in [0.29, 0.717) is 43.9 Å². The molecule has 9 nitrogen and oxygen atoms in total. The Morgan fingerprint density at radius 2 is 2.07 bits per heavy atom. The molecule has 4 rings (SSSR count). The number of amides is 3. The minimum atomic E-state index is -0.198. The lowest BCUT2D eigenvalue weighted by molar-refractivity contribution is 0.0761. The largest absolute Gasteiger partial charge is 0.472 e. The summed E-state index contributed by atoms with van der Waals surface area (Å²) in [4.78, 5) is 37.7. The highest BCUT2D eigenvalue weighted by atomic mass is 16.3. The molecule has 3 aromatic rings. The van der Waals surface area contributed by atoms with Crippen LogP contribution >= 0.6 is 0 Å². The first-order chi connectivity index (χ1) is 14.2. The Hall–Kier alpha value is -3.36. The topological polar surface area (TPSA) is 96.0 Å². The van der Waals surface area contributed by atoms with Crippen molar-refractivity contribution in [1.29, 1.82) is 0 Å². The molecule has 0 saturated carbocycles. The van der Waals surface area contributed by atoms with Crippen LogP contribution in [0.2, 0.25) is 0 Å². The Balaban J connectivity index is 1.39. The molecule has 29 heavy (non-hydrogen) atoms. The zero-order chi connectivity index (χ0) is 20.2. The van der Waals surface area contributed by atoms with Crippen LogP contribution in [0, 0.1) is 0 Å². The van der Waals surface area contributed by atoms with Gasteiger partial charge in [0.25, 0.3) is 5.91 Å². The van der Waals surface area contributed by atoms with Crippen molar-refractivity contribution in [3.8, 4) is 0 Å². The van der Waals surface area contributed by atoms with Crippen molar-refractivity contribution in [3.63, 3.8) is 0 Å². The van der Waals surface area contributed by atoms with Crippen molar-refractivity contribution in [2.75, 3.05) is 26.2 Å². The molecule has 0 radical (unpaired) electrons. The number of hydrogen-bond donors (Lipinski definition) is 1. The first-order valence-electron chi connectivity index (χ1n) is 9.82. The van der Waals surface area contributed by atoms with E-state index in [0.717, 1.165) is 12.1 Å². The van der Waals surface area contributed by atoms with Crippen LogP contribution < -0.4 is 5.32 Å². The third kappa shape index (κ3) is 4.08. The fourth-order valence-corrected chi connectivity index (χ4v) is 3.53. The summed E-state index contributed by atoms with van der Waals surface area (Å²) in [5.74, 6) is 0.544. The zero-order valence-electron chi connectivity index (χ0n) is 16.3. The second-order valence-electron chi connectivity index (χ2n) is 7.05. The highest BCUT2D eigenvalue weighted by molar-refractivity contribution is 5.93. The van der Waals surface area contributed by atoms with Crippen molar-refractivity contribution in [2.24, 2.45) is 0 Å². The molecule has 0 spiro atoms. The molecule has 1 aliphatic heterocycles. The number of rotatable bonds is 4. The summed E-state index contributed by atoms with van der Waals surface area (Å²) in [6, 6.07) is 3.16. The van der Waals surface area contributed by atoms with E-state index in [4.69, 9.17) is 4.42 Å². The van der Waals surface area contributed by atoms with E-state index in [1.54, 1.807) is 22.1 Å². The van der Waals surface area contributed by atoms with Crippen LogP contribution in [0.3, 0.4) is 0 Å². The van der Waals surface area contributed by atoms with E-state index < -0.39 is 0 Å². The average Bonchev–Trinajstić information content (AvgIpc) is 3.36. The van der Waals surface area contributed by atoms with E-state index >= 15 is 0 Å². The van der Waals surface area contributed by atoms with Gasteiger partial charge in [0.2, 0.25) is 5.78 Å². The van der Waals surface area contributed by atoms with Gasteiger partial charge in [0.1, 0.15) is 6.26 Å². The molecule has 0 bridgehead atoms. The van der Waals surface area contributed by atoms with Crippen molar-refractivity contribution >= 4 is 17.7 Å². The van der Waals surface area contributed by atoms with Gasteiger partial charge in [-0.25, -0.2) is 14.8 Å². The first kappa shape index (κ1) is 19.0. The molecule has 3 amide bonds. The molecule has 9 heteroatoms. The smallest absolute Gasteiger partial charge is 0.317 e. The lowest BCUT2D eigenvalue weighted by Gasteiger charge is -2.24. The maximum absolute atomic E-state index is 12.9. The lowest BCUT2D eigenvalue weighted by atomic mass is 10.2.